The van der Waals surface area contributed by atoms with Crippen molar-refractivity contribution >= 4 is 30.0 Å². The highest BCUT2D eigenvalue weighted by molar-refractivity contribution is 7.80. The van der Waals surface area contributed by atoms with Crippen molar-refractivity contribution in [2.24, 2.45) is 0 Å². The van der Waals surface area contributed by atoms with Crippen LogP contribution < -0.4 is 10.1 Å². The topological polar surface area (TPSA) is 206 Å². The zero-order chi connectivity index (χ0) is 29.4. The summed E-state index contributed by atoms with van der Waals surface area (Å²) in [5, 5.41) is 72.9. The highest BCUT2D eigenvalue weighted by atomic mass is 32.1. The van der Waals surface area contributed by atoms with Gasteiger partial charge < -0.3 is 50.5 Å². The summed E-state index contributed by atoms with van der Waals surface area (Å²) in [4.78, 5) is 25.4. The van der Waals surface area contributed by atoms with Crippen LogP contribution in [0.2, 0.25) is 0 Å². The first-order valence-electron chi connectivity index (χ1n) is 12.8. The van der Waals surface area contributed by atoms with Crippen LogP contribution in [0.4, 0.5) is 5.69 Å². The molecule has 2 aromatic carbocycles. The standard InChI is InChI=1S/C27H35NO11S/c29-13-21-24(35)25(36)26(37)27(39-21)38-20-12-15(30)11-19(33)23(20)18(32)8-6-14-5-7-17(31)16(10-14)28-22(34)4-2-1-3-9-40/h5,7,10-12,21,24-27,29-31,33,35-37,40H,1-4,6,8-9,13H2,(H,28,34)/t21-,24-,25+,26-,27-/m1/s1. The third-order valence-corrected chi connectivity index (χ3v) is 6.79. The normalized spacial score (nSPS) is 22.6. The lowest BCUT2D eigenvalue weighted by Crippen LogP contribution is -2.60. The number of thiol groups is 1. The Kier molecular flexibility index (Phi) is 11.4. The van der Waals surface area contributed by atoms with Crippen LogP contribution in [0.1, 0.15) is 48.0 Å². The molecule has 0 unspecified atom stereocenters. The summed E-state index contributed by atoms with van der Waals surface area (Å²) in [6.45, 7) is -0.701. The van der Waals surface area contributed by atoms with E-state index in [4.69, 9.17) is 9.47 Å². The number of aliphatic hydroxyl groups excluding tert-OH is 4. The summed E-state index contributed by atoms with van der Waals surface area (Å²) in [5.41, 5.74) is 0.470. The van der Waals surface area contributed by atoms with Crippen molar-refractivity contribution in [2.45, 2.75) is 69.2 Å². The Morgan fingerprint density at radius 1 is 0.925 bits per heavy atom. The minimum absolute atomic E-state index is 0.134. The number of nitrogens with one attached hydrogen (secondary N) is 1. The summed E-state index contributed by atoms with van der Waals surface area (Å²) in [6.07, 6.45) is -5.36. The largest absolute Gasteiger partial charge is 0.508 e. The van der Waals surface area contributed by atoms with Crippen LogP contribution >= 0.6 is 12.6 Å². The highest BCUT2D eigenvalue weighted by Crippen LogP contribution is 2.36. The number of hydrogen-bond acceptors (Lipinski definition) is 12. The quantitative estimate of drug-likeness (QED) is 0.0711. The number of carbonyl (C=O) groups is 2. The molecule has 1 heterocycles. The number of unbranched alkanes of at least 4 members (excludes halogenated alkanes) is 2. The molecule has 0 spiro atoms. The number of amides is 1. The number of phenolic OH excluding ortho intramolecular Hbond substituents is 3. The predicted octanol–water partition coefficient (Wildman–Crippen LogP) is 1.23. The van der Waals surface area contributed by atoms with Gasteiger partial charge in [-0.05, 0) is 42.7 Å². The lowest BCUT2D eigenvalue weighted by Gasteiger charge is -2.39. The van der Waals surface area contributed by atoms with E-state index in [0.717, 1.165) is 30.7 Å². The van der Waals surface area contributed by atoms with Gasteiger partial charge in [-0.15, -0.1) is 0 Å². The SMILES string of the molecule is O=C(CCCCCS)Nc1cc(CCC(=O)c2c(O)cc(O)cc2O[C@@H]2O[C@H](CO)[C@@H](O)[C@H](O)[C@H]2O)ccc1O. The molecule has 0 aliphatic carbocycles. The van der Waals surface area contributed by atoms with Gasteiger partial charge in [0, 0.05) is 25.0 Å². The number of aryl methyl sites for hydroxylation is 1. The Morgan fingerprint density at radius 2 is 1.68 bits per heavy atom. The van der Waals surface area contributed by atoms with E-state index in [1.165, 1.54) is 12.1 Å². The number of ketones is 1. The maximum atomic E-state index is 13.2. The predicted molar refractivity (Wildman–Crippen MR) is 146 cm³/mol. The van der Waals surface area contributed by atoms with Crippen molar-refractivity contribution in [3.05, 3.63) is 41.5 Å². The van der Waals surface area contributed by atoms with E-state index < -0.39 is 54.6 Å². The zero-order valence-electron chi connectivity index (χ0n) is 21.6. The van der Waals surface area contributed by atoms with Crippen LogP contribution in [0, 0.1) is 0 Å². The molecule has 1 aliphatic rings. The fourth-order valence-electron chi connectivity index (χ4n) is 4.26. The molecular formula is C27H35NO11S. The Labute approximate surface area is 236 Å². The zero-order valence-corrected chi connectivity index (χ0v) is 22.5. The van der Waals surface area contributed by atoms with Crippen LogP contribution in [0.25, 0.3) is 0 Å². The summed E-state index contributed by atoms with van der Waals surface area (Å²) in [6, 6.07) is 6.45. The molecule has 220 valence electrons. The summed E-state index contributed by atoms with van der Waals surface area (Å²) >= 11 is 4.14. The van der Waals surface area contributed by atoms with E-state index in [9.17, 15) is 45.3 Å². The highest BCUT2D eigenvalue weighted by Gasteiger charge is 2.45. The Bertz CT molecular complexity index is 1180. The average molecular weight is 582 g/mol. The van der Waals surface area contributed by atoms with Crippen LogP contribution in [0.15, 0.2) is 30.3 Å². The monoisotopic (exact) mass is 581 g/mol. The molecule has 1 amide bonds. The van der Waals surface area contributed by atoms with Gasteiger partial charge in [0.15, 0.2) is 5.78 Å². The van der Waals surface area contributed by atoms with E-state index >= 15 is 0 Å². The third kappa shape index (κ3) is 7.99. The summed E-state index contributed by atoms with van der Waals surface area (Å²) in [5.74, 6) is -1.69. The van der Waals surface area contributed by atoms with Gasteiger partial charge in [0.05, 0.1) is 12.3 Å². The fraction of sp³-hybridized carbons (Fsp3) is 0.481. The van der Waals surface area contributed by atoms with Crippen LogP contribution in [0.5, 0.6) is 23.0 Å². The van der Waals surface area contributed by atoms with Crippen LogP contribution in [-0.4, -0.2) is 90.5 Å². The van der Waals surface area contributed by atoms with Gasteiger partial charge in [-0.3, -0.25) is 9.59 Å². The number of rotatable bonds is 13. The number of aromatic hydroxyl groups is 3. The van der Waals surface area contributed by atoms with Crippen molar-refractivity contribution in [1.29, 1.82) is 0 Å². The van der Waals surface area contributed by atoms with E-state index in [1.54, 1.807) is 6.07 Å². The number of anilines is 1. The molecule has 0 bridgehead atoms. The molecule has 0 aromatic heterocycles. The lowest BCUT2D eigenvalue weighted by molar-refractivity contribution is -0.277. The van der Waals surface area contributed by atoms with Gasteiger partial charge in [0.1, 0.15) is 53.0 Å². The van der Waals surface area contributed by atoms with Gasteiger partial charge in [-0.2, -0.15) is 12.6 Å². The van der Waals surface area contributed by atoms with E-state index in [1.807, 2.05) is 0 Å². The molecule has 0 radical (unpaired) electrons. The number of phenols is 3. The van der Waals surface area contributed by atoms with Crippen molar-refractivity contribution in [1.82, 2.24) is 0 Å². The summed E-state index contributed by atoms with van der Waals surface area (Å²) in [7, 11) is 0. The van der Waals surface area contributed by atoms with Gasteiger partial charge >= 0.3 is 0 Å². The van der Waals surface area contributed by atoms with Crippen LogP contribution in [0.3, 0.4) is 0 Å². The molecule has 3 rings (SSSR count). The number of benzene rings is 2. The van der Waals surface area contributed by atoms with Crippen molar-refractivity contribution < 1.29 is 54.8 Å². The molecule has 0 saturated carbocycles. The van der Waals surface area contributed by atoms with E-state index in [0.29, 0.717) is 12.0 Å². The minimum Gasteiger partial charge on any atom is -0.508 e. The Hall–Kier alpha value is -3.07. The molecule has 1 aliphatic heterocycles. The molecule has 12 nitrogen and oxygen atoms in total. The van der Waals surface area contributed by atoms with E-state index in [-0.39, 0.29) is 47.9 Å². The molecule has 8 N–H and O–H groups in total. The van der Waals surface area contributed by atoms with Crippen molar-refractivity contribution in [2.75, 3.05) is 17.7 Å². The number of hydrogen-bond donors (Lipinski definition) is 9. The molecule has 13 heteroatoms. The first-order valence-corrected chi connectivity index (χ1v) is 13.5. The number of aliphatic hydroxyl groups is 4. The molecule has 5 atom stereocenters. The average Bonchev–Trinajstić information content (AvgIpc) is 2.91. The van der Waals surface area contributed by atoms with Crippen molar-refractivity contribution in [3.63, 3.8) is 0 Å². The number of ether oxygens (including phenoxy) is 2. The maximum absolute atomic E-state index is 13.2. The van der Waals surface area contributed by atoms with Gasteiger partial charge in [-0.1, -0.05) is 12.5 Å². The molecule has 1 saturated heterocycles. The number of carbonyl (C=O) groups excluding carboxylic acids is 2. The molecular weight excluding hydrogens is 546 g/mol. The second-order valence-corrected chi connectivity index (χ2v) is 9.96. The smallest absolute Gasteiger partial charge is 0.229 e. The first-order chi connectivity index (χ1) is 19.0. The molecule has 40 heavy (non-hydrogen) atoms. The van der Waals surface area contributed by atoms with Gasteiger partial charge in [0.25, 0.3) is 0 Å². The van der Waals surface area contributed by atoms with Crippen molar-refractivity contribution in [3.8, 4) is 23.0 Å². The minimum atomic E-state index is -1.78. The second-order valence-electron chi connectivity index (χ2n) is 9.51. The maximum Gasteiger partial charge on any atom is 0.229 e. The lowest BCUT2D eigenvalue weighted by atomic mass is 9.98. The second kappa shape index (κ2) is 14.5. The van der Waals surface area contributed by atoms with E-state index in [2.05, 4.69) is 17.9 Å². The number of Topliss-reactive ketones (excluding diaryl/α,β-unsaturated/α-hetero) is 1. The fourth-order valence-corrected chi connectivity index (χ4v) is 4.48. The Balaban J connectivity index is 1.72. The van der Waals surface area contributed by atoms with Gasteiger partial charge in [-0.25, -0.2) is 0 Å². The first kappa shape index (κ1) is 31.5. The Morgan fingerprint density at radius 3 is 2.38 bits per heavy atom. The molecule has 2 aromatic rings. The molecule has 1 fully saturated rings. The van der Waals surface area contributed by atoms with Crippen LogP contribution in [-0.2, 0) is 16.0 Å². The third-order valence-electron chi connectivity index (χ3n) is 6.47. The van der Waals surface area contributed by atoms with Gasteiger partial charge in [0.2, 0.25) is 12.2 Å². The summed E-state index contributed by atoms with van der Waals surface area (Å²) < 4.78 is 10.8.